The molecule has 0 aliphatic carbocycles. The van der Waals surface area contributed by atoms with E-state index in [4.69, 9.17) is 28.2 Å². The van der Waals surface area contributed by atoms with Gasteiger partial charge in [0.05, 0.1) is 15.2 Å². The maximum atomic E-state index is 6.28. The van der Waals surface area contributed by atoms with Crippen LogP contribution in [0.2, 0.25) is 10.0 Å². The number of aryl methyl sites for hydroxylation is 1. The second-order valence-electron chi connectivity index (χ2n) is 5.45. The van der Waals surface area contributed by atoms with Gasteiger partial charge in [0.25, 0.3) is 0 Å². The van der Waals surface area contributed by atoms with Crippen LogP contribution in [-0.4, -0.2) is 22.0 Å². The van der Waals surface area contributed by atoms with Crippen LogP contribution in [0.3, 0.4) is 0 Å². The highest BCUT2D eigenvalue weighted by Gasteiger charge is 2.14. The van der Waals surface area contributed by atoms with Crippen molar-refractivity contribution in [3.05, 3.63) is 46.1 Å². The molecule has 0 saturated carbocycles. The topological polar surface area (TPSA) is 50.7 Å². The Morgan fingerprint density at radius 3 is 2.67 bits per heavy atom. The van der Waals surface area contributed by atoms with Crippen LogP contribution in [0.1, 0.15) is 5.56 Å². The molecule has 2 heterocycles. The van der Waals surface area contributed by atoms with E-state index in [0.717, 1.165) is 37.3 Å². The van der Waals surface area contributed by atoms with E-state index in [0.29, 0.717) is 16.0 Å². The van der Waals surface area contributed by atoms with Crippen LogP contribution in [0.5, 0.6) is 0 Å². The molecule has 0 radical (unpaired) electrons. The third kappa shape index (κ3) is 2.59. The number of fused-ring (bicyclic) bond motifs is 2. The monoisotopic (exact) mass is 374 g/mol. The molecule has 0 spiro atoms. The Labute approximate surface area is 152 Å². The van der Waals surface area contributed by atoms with E-state index in [1.54, 1.807) is 24.5 Å². The molecule has 0 unspecified atom stereocenters. The van der Waals surface area contributed by atoms with Crippen LogP contribution in [-0.2, 0) is 0 Å². The average molecular weight is 375 g/mol. The van der Waals surface area contributed by atoms with Gasteiger partial charge in [-0.1, -0.05) is 23.2 Å². The quantitative estimate of drug-likeness (QED) is 0.498. The summed E-state index contributed by atoms with van der Waals surface area (Å²) in [5, 5.41) is 5.99. The first-order valence-electron chi connectivity index (χ1n) is 7.26. The molecule has 0 aliphatic rings. The lowest BCUT2D eigenvalue weighted by atomic mass is 10.1. The van der Waals surface area contributed by atoms with E-state index in [9.17, 15) is 0 Å². The predicted molar refractivity (Wildman–Crippen MR) is 102 cm³/mol. The largest absolute Gasteiger partial charge is 0.357 e. The Morgan fingerprint density at radius 2 is 1.88 bits per heavy atom. The van der Waals surface area contributed by atoms with Gasteiger partial charge in [-0.2, -0.15) is 0 Å². The van der Waals surface area contributed by atoms with Crippen LogP contribution in [0.15, 0.2) is 30.5 Å². The lowest BCUT2D eigenvalue weighted by molar-refractivity contribution is 1.19. The Kier molecular flexibility index (Phi) is 3.79. The van der Waals surface area contributed by atoms with Crippen LogP contribution in [0.25, 0.3) is 31.7 Å². The number of halogens is 2. The van der Waals surface area contributed by atoms with Gasteiger partial charge in [0.2, 0.25) is 5.95 Å². The molecule has 2 aromatic heterocycles. The molecule has 7 heteroatoms. The number of hydrogen-bond donors (Lipinski definition) is 1. The highest BCUT2D eigenvalue weighted by atomic mass is 35.5. The predicted octanol–water partition coefficient (Wildman–Crippen LogP) is 5.56. The molecule has 0 aliphatic heterocycles. The van der Waals surface area contributed by atoms with Gasteiger partial charge >= 0.3 is 0 Å². The summed E-state index contributed by atoms with van der Waals surface area (Å²) in [6, 6.07) is 7.75. The van der Waals surface area contributed by atoms with E-state index in [-0.39, 0.29) is 0 Å². The number of rotatable bonds is 2. The smallest absolute Gasteiger partial charge is 0.222 e. The molecular formula is C17H12Cl2N4S. The molecule has 0 bridgehead atoms. The van der Waals surface area contributed by atoms with Gasteiger partial charge in [0.1, 0.15) is 10.5 Å². The van der Waals surface area contributed by atoms with Crippen molar-refractivity contribution in [3.63, 3.8) is 0 Å². The lowest BCUT2D eigenvalue weighted by Gasteiger charge is -2.06. The van der Waals surface area contributed by atoms with Crippen LogP contribution in [0, 0.1) is 6.92 Å². The zero-order valence-electron chi connectivity index (χ0n) is 12.9. The maximum Gasteiger partial charge on any atom is 0.222 e. The third-order valence-electron chi connectivity index (χ3n) is 3.69. The van der Waals surface area contributed by atoms with E-state index in [1.807, 2.05) is 19.2 Å². The zero-order valence-corrected chi connectivity index (χ0v) is 15.2. The summed E-state index contributed by atoms with van der Waals surface area (Å²) < 4.78 is 0.958. The van der Waals surface area contributed by atoms with Crippen LogP contribution < -0.4 is 5.32 Å². The first-order valence-corrected chi connectivity index (χ1v) is 8.83. The van der Waals surface area contributed by atoms with Crippen molar-refractivity contribution in [3.8, 4) is 10.6 Å². The molecule has 2 aromatic carbocycles. The minimum absolute atomic E-state index is 0.558. The van der Waals surface area contributed by atoms with Gasteiger partial charge in [-0.15, -0.1) is 11.3 Å². The molecule has 120 valence electrons. The Balaban J connectivity index is 2.03. The van der Waals surface area contributed by atoms with E-state index >= 15 is 0 Å². The van der Waals surface area contributed by atoms with Crippen molar-refractivity contribution in [1.29, 1.82) is 0 Å². The standard InChI is InChI=1S/C17H12Cl2N4S/c1-8-3-9-7-21-17(20-2)23-14(9)11(4-8)16-22-15-12(19)5-10(18)6-13(15)24-16/h3-7H,1-2H3,(H,20,21,23). The average Bonchev–Trinajstić information content (AvgIpc) is 2.97. The van der Waals surface area contributed by atoms with Gasteiger partial charge in [0.15, 0.2) is 0 Å². The summed E-state index contributed by atoms with van der Waals surface area (Å²) in [4.78, 5) is 13.6. The number of thiazole rings is 1. The third-order valence-corrected chi connectivity index (χ3v) is 5.24. The fraction of sp³-hybridized carbons (Fsp3) is 0.118. The summed E-state index contributed by atoms with van der Waals surface area (Å²) in [6.45, 7) is 2.05. The van der Waals surface area contributed by atoms with Crippen LogP contribution >= 0.6 is 34.5 Å². The molecular weight excluding hydrogens is 363 g/mol. The normalized spacial score (nSPS) is 11.3. The van der Waals surface area contributed by atoms with Gasteiger partial charge < -0.3 is 5.32 Å². The molecule has 4 aromatic rings. The molecule has 4 rings (SSSR count). The summed E-state index contributed by atoms with van der Waals surface area (Å²) in [6.07, 6.45) is 1.82. The van der Waals surface area contributed by atoms with Crippen molar-refractivity contribution in [1.82, 2.24) is 15.0 Å². The van der Waals surface area contributed by atoms with E-state index < -0.39 is 0 Å². The highest BCUT2D eigenvalue weighted by Crippen LogP contribution is 2.38. The first-order chi connectivity index (χ1) is 11.5. The van der Waals surface area contributed by atoms with Gasteiger partial charge in [-0.05, 0) is 36.8 Å². The van der Waals surface area contributed by atoms with Gasteiger partial charge in [-0.25, -0.2) is 15.0 Å². The summed E-state index contributed by atoms with van der Waals surface area (Å²) >= 11 is 13.9. The molecule has 0 atom stereocenters. The Bertz CT molecular complexity index is 1090. The van der Waals surface area contributed by atoms with Crippen LogP contribution in [0.4, 0.5) is 5.95 Å². The SMILES string of the molecule is CNc1ncc2cc(C)cc(-c3nc4c(Cl)cc(Cl)cc4s3)c2n1. The Morgan fingerprint density at radius 1 is 1.04 bits per heavy atom. The molecule has 24 heavy (non-hydrogen) atoms. The van der Waals surface area contributed by atoms with E-state index in [2.05, 4.69) is 27.4 Å². The molecule has 0 fully saturated rings. The second-order valence-corrected chi connectivity index (χ2v) is 7.32. The minimum atomic E-state index is 0.558. The second kappa shape index (κ2) is 5.84. The number of anilines is 1. The maximum absolute atomic E-state index is 6.28. The summed E-state index contributed by atoms with van der Waals surface area (Å²) in [5.74, 6) is 0.579. The van der Waals surface area contributed by atoms with Crippen molar-refractivity contribution in [2.75, 3.05) is 12.4 Å². The number of aromatic nitrogens is 3. The fourth-order valence-electron chi connectivity index (χ4n) is 2.65. The molecule has 0 amide bonds. The molecule has 0 saturated heterocycles. The van der Waals surface area contributed by atoms with Crippen molar-refractivity contribution < 1.29 is 0 Å². The minimum Gasteiger partial charge on any atom is -0.357 e. The molecule has 1 N–H and O–H groups in total. The number of nitrogens with zero attached hydrogens (tertiary/aromatic N) is 3. The Hall–Kier alpha value is -1.95. The summed E-state index contributed by atoms with van der Waals surface area (Å²) in [7, 11) is 1.80. The number of nitrogens with one attached hydrogen (secondary N) is 1. The van der Waals surface area contributed by atoms with Crippen molar-refractivity contribution in [2.45, 2.75) is 6.92 Å². The lowest BCUT2D eigenvalue weighted by Crippen LogP contribution is -1.97. The van der Waals surface area contributed by atoms with Gasteiger partial charge in [0, 0.05) is 29.2 Å². The zero-order chi connectivity index (χ0) is 16.8. The van der Waals surface area contributed by atoms with Crippen molar-refractivity contribution in [2.24, 2.45) is 0 Å². The van der Waals surface area contributed by atoms with E-state index in [1.165, 1.54) is 0 Å². The fourth-order valence-corrected chi connectivity index (χ4v) is 4.36. The number of hydrogen-bond acceptors (Lipinski definition) is 5. The number of benzene rings is 2. The highest BCUT2D eigenvalue weighted by molar-refractivity contribution is 7.21. The first kappa shape index (κ1) is 15.6. The van der Waals surface area contributed by atoms with Crippen molar-refractivity contribution >= 4 is 61.6 Å². The molecule has 4 nitrogen and oxygen atoms in total. The van der Waals surface area contributed by atoms with Gasteiger partial charge in [-0.3, -0.25) is 0 Å². The summed E-state index contributed by atoms with van der Waals surface area (Å²) in [5.41, 5.74) is 3.72.